The number of ether oxygens (including phenoxy) is 1. The number of benzene rings is 2. The van der Waals surface area contributed by atoms with E-state index in [1.165, 1.54) is 11.3 Å². The first-order chi connectivity index (χ1) is 15.9. The summed E-state index contributed by atoms with van der Waals surface area (Å²) in [5, 5.41) is 26.8. The van der Waals surface area contributed by atoms with Gasteiger partial charge in [0.25, 0.3) is 0 Å². The van der Waals surface area contributed by atoms with Crippen molar-refractivity contribution in [2.75, 3.05) is 13.7 Å². The number of rotatable bonds is 13. The van der Waals surface area contributed by atoms with Gasteiger partial charge in [-0.3, -0.25) is 4.79 Å². The predicted molar refractivity (Wildman–Crippen MR) is 131 cm³/mol. The first kappa shape index (κ1) is 24.9. The fourth-order valence-electron chi connectivity index (χ4n) is 3.79. The molecule has 3 aromatic rings. The number of methoxy groups -OCH3 is 1. The number of hydrogen-bond donors (Lipinski definition) is 3. The lowest BCUT2D eigenvalue weighted by atomic mass is 9.73. The van der Waals surface area contributed by atoms with E-state index in [9.17, 15) is 19.6 Å². The van der Waals surface area contributed by atoms with Gasteiger partial charge in [-0.1, -0.05) is 30.3 Å². The molecule has 0 aliphatic carbocycles. The summed E-state index contributed by atoms with van der Waals surface area (Å²) in [5.41, 5.74) is 1.33. The highest BCUT2D eigenvalue weighted by Crippen LogP contribution is 2.28. The van der Waals surface area contributed by atoms with Gasteiger partial charge >= 0.3 is 7.12 Å². The molecule has 8 heteroatoms. The standard InChI is InChI=1S/C25H28BNO5S/c1-32-22-9-7-21(8-10-22)23(29)15-25(18-28,14-19-5-3-2-4-6-19)17-27-24(26(30)31)13-20-11-12-33-16-20/h2-12,16,18,24,27,30-31H,13-15,17H2,1H3. The van der Waals surface area contributed by atoms with Gasteiger partial charge in [0.1, 0.15) is 12.0 Å². The molecule has 3 rings (SSSR count). The predicted octanol–water partition coefficient (Wildman–Crippen LogP) is 2.97. The second-order valence-corrected chi connectivity index (χ2v) is 8.99. The van der Waals surface area contributed by atoms with Crippen LogP contribution in [0.25, 0.3) is 0 Å². The van der Waals surface area contributed by atoms with Gasteiger partial charge in [-0.25, -0.2) is 0 Å². The molecule has 0 fully saturated rings. The van der Waals surface area contributed by atoms with Gasteiger partial charge in [-0.2, -0.15) is 11.3 Å². The first-order valence-electron chi connectivity index (χ1n) is 10.7. The van der Waals surface area contributed by atoms with Crippen LogP contribution < -0.4 is 10.1 Å². The zero-order valence-electron chi connectivity index (χ0n) is 18.5. The number of ketones is 1. The van der Waals surface area contributed by atoms with E-state index in [1.807, 2.05) is 47.2 Å². The largest absolute Gasteiger partial charge is 0.497 e. The third-order valence-electron chi connectivity index (χ3n) is 5.69. The van der Waals surface area contributed by atoms with E-state index in [-0.39, 0.29) is 18.7 Å². The minimum absolute atomic E-state index is 0.0165. The molecule has 0 amide bonds. The van der Waals surface area contributed by atoms with Gasteiger partial charge in [-0.15, -0.1) is 0 Å². The lowest BCUT2D eigenvalue weighted by molar-refractivity contribution is -0.116. The summed E-state index contributed by atoms with van der Waals surface area (Å²) in [6, 6.07) is 18.2. The Hall–Kier alpha value is -2.78. The Morgan fingerprint density at radius 3 is 2.42 bits per heavy atom. The van der Waals surface area contributed by atoms with Gasteiger partial charge in [0.2, 0.25) is 0 Å². The first-order valence-corrected chi connectivity index (χ1v) is 11.7. The summed E-state index contributed by atoms with van der Waals surface area (Å²) in [7, 11) is -0.0507. The second-order valence-electron chi connectivity index (χ2n) is 8.21. The Morgan fingerprint density at radius 2 is 1.85 bits per heavy atom. The third-order valence-corrected chi connectivity index (χ3v) is 6.42. The Morgan fingerprint density at radius 1 is 1.12 bits per heavy atom. The molecule has 3 N–H and O–H groups in total. The van der Waals surface area contributed by atoms with Crippen molar-refractivity contribution in [1.29, 1.82) is 0 Å². The van der Waals surface area contributed by atoms with E-state index in [1.54, 1.807) is 31.4 Å². The summed E-state index contributed by atoms with van der Waals surface area (Å²) in [6.07, 6.45) is 1.55. The molecule has 2 atom stereocenters. The Bertz CT molecular complexity index is 1010. The molecule has 0 bridgehead atoms. The van der Waals surface area contributed by atoms with Crippen LogP contribution in [0.5, 0.6) is 5.75 Å². The van der Waals surface area contributed by atoms with Crippen LogP contribution >= 0.6 is 11.3 Å². The molecule has 0 spiro atoms. The van der Waals surface area contributed by atoms with Crippen LogP contribution in [0.15, 0.2) is 71.4 Å². The highest BCUT2D eigenvalue weighted by molar-refractivity contribution is 7.07. The minimum Gasteiger partial charge on any atom is -0.497 e. The van der Waals surface area contributed by atoms with Crippen LogP contribution in [-0.2, 0) is 17.6 Å². The zero-order valence-corrected chi connectivity index (χ0v) is 19.3. The van der Waals surface area contributed by atoms with Crippen molar-refractivity contribution in [3.05, 3.63) is 88.1 Å². The number of aldehydes is 1. The van der Waals surface area contributed by atoms with Gasteiger partial charge in [0.15, 0.2) is 5.78 Å². The van der Waals surface area contributed by atoms with E-state index >= 15 is 0 Å². The number of carbonyl (C=O) groups excluding carboxylic acids is 2. The van der Waals surface area contributed by atoms with Crippen molar-refractivity contribution in [2.24, 2.45) is 5.41 Å². The molecule has 1 heterocycles. The van der Waals surface area contributed by atoms with Crippen LogP contribution in [0, 0.1) is 5.41 Å². The van der Waals surface area contributed by atoms with E-state index < -0.39 is 18.5 Å². The van der Waals surface area contributed by atoms with Crippen molar-refractivity contribution in [3.63, 3.8) is 0 Å². The summed E-state index contributed by atoms with van der Waals surface area (Å²) in [5.74, 6) is -0.195. The van der Waals surface area contributed by atoms with Gasteiger partial charge in [-0.05, 0) is 65.1 Å². The molecule has 33 heavy (non-hydrogen) atoms. The molecule has 6 nitrogen and oxygen atoms in total. The van der Waals surface area contributed by atoms with Crippen LogP contribution in [0.3, 0.4) is 0 Å². The molecular weight excluding hydrogens is 437 g/mol. The molecule has 0 aliphatic heterocycles. The molecule has 0 saturated carbocycles. The van der Waals surface area contributed by atoms with Crippen molar-refractivity contribution >= 4 is 30.5 Å². The molecule has 0 radical (unpaired) electrons. The smallest absolute Gasteiger partial charge is 0.469 e. The minimum atomic E-state index is -1.61. The van der Waals surface area contributed by atoms with Gasteiger partial charge in [0, 0.05) is 29.9 Å². The Balaban J connectivity index is 1.81. The number of nitrogens with one attached hydrogen (secondary N) is 1. The number of carbonyl (C=O) groups is 2. The summed E-state index contributed by atoms with van der Waals surface area (Å²) < 4.78 is 5.16. The second kappa shape index (κ2) is 11.9. The average Bonchev–Trinajstić information content (AvgIpc) is 3.35. The molecule has 2 unspecified atom stereocenters. The van der Waals surface area contributed by atoms with Crippen molar-refractivity contribution in [2.45, 2.75) is 25.2 Å². The highest BCUT2D eigenvalue weighted by Gasteiger charge is 2.35. The lowest BCUT2D eigenvalue weighted by Gasteiger charge is -2.30. The summed E-state index contributed by atoms with van der Waals surface area (Å²) in [6.45, 7) is 0.125. The SMILES string of the molecule is COc1ccc(C(=O)CC(C=O)(CNC(Cc2ccsc2)B(O)O)Cc2ccccc2)cc1. The van der Waals surface area contributed by atoms with Gasteiger partial charge < -0.3 is 24.9 Å². The molecule has 2 aromatic carbocycles. The van der Waals surface area contributed by atoms with Crippen molar-refractivity contribution < 1.29 is 24.4 Å². The normalized spacial score (nSPS) is 13.7. The van der Waals surface area contributed by atoms with E-state index in [0.717, 1.165) is 17.4 Å². The van der Waals surface area contributed by atoms with Crippen LogP contribution in [0.1, 0.15) is 27.9 Å². The maximum absolute atomic E-state index is 13.1. The Kier molecular flexibility index (Phi) is 8.97. The van der Waals surface area contributed by atoms with E-state index in [4.69, 9.17) is 4.74 Å². The number of hydrogen-bond acceptors (Lipinski definition) is 7. The molecule has 1 aromatic heterocycles. The molecular formula is C25H28BNO5S. The number of thiophene rings is 1. The topological polar surface area (TPSA) is 95.9 Å². The van der Waals surface area contributed by atoms with Crippen LogP contribution in [0.2, 0.25) is 0 Å². The quantitative estimate of drug-likeness (QED) is 0.204. The van der Waals surface area contributed by atoms with E-state index in [0.29, 0.717) is 24.2 Å². The van der Waals surface area contributed by atoms with Gasteiger partial charge in [0.05, 0.1) is 7.11 Å². The highest BCUT2D eigenvalue weighted by atomic mass is 32.1. The van der Waals surface area contributed by atoms with Crippen LogP contribution in [0.4, 0.5) is 0 Å². The summed E-state index contributed by atoms with van der Waals surface area (Å²) in [4.78, 5) is 25.6. The molecule has 0 aliphatic rings. The maximum atomic E-state index is 13.1. The average molecular weight is 465 g/mol. The lowest BCUT2D eigenvalue weighted by Crippen LogP contribution is -2.50. The van der Waals surface area contributed by atoms with Crippen LogP contribution in [-0.4, -0.2) is 48.8 Å². The maximum Gasteiger partial charge on any atom is 0.469 e. The van der Waals surface area contributed by atoms with Crippen molar-refractivity contribution in [1.82, 2.24) is 5.32 Å². The third kappa shape index (κ3) is 7.10. The fraction of sp³-hybridized carbons (Fsp3) is 0.280. The fourth-order valence-corrected chi connectivity index (χ4v) is 4.48. The van der Waals surface area contributed by atoms with E-state index in [2.05, 4.69) is 5.32 Å². The van der Waals surface area contributed by atoms with Crippen molar-refractivity contribution in [3.8, 4) is 5.75 Å². The Labute approximate surface area is 198 Å². The number of Topliss-reactive ketones (excluding diaryl/α,β-unsaturated/α-hetero) is 1. The molecule has 0 saturated heterocycles. The monoisotopic (exact) mass is 465 g/mol. The molecule has 172 valence electrons. The summed E-state index contributed by atoms with van der Waals surface area (Å²) >= 11 is 1.53. The zero-order chi connectivity index (χ0) is 23.7.